The zero-order valence-corrected chi connectivity index (χ0v) is 27.0. The molecule has 8 rings (SSSR count). The lowest BCUT2D eigenvalue weighted by atomic mass is 10.2. The Labute approximate surface area is 283 Å². The number of furan rings is 1. The van der Waals surface area contributed by atoms with Gasteiger partial charge in [-0.15, -0.1) is 0 Å². The molecule has 3 aliphatic heterocycles. The number of aliphatic imine (C=N–C) groups is 3. The van der Waals surface area contributed by atoms with E-state index in [1.807, 2.05) is 62.0 Å². The van der Waals surface area contributed by atoms with Gasteiger partial charge < -0.3 is 25.5 Å². The molecule has 0 amide bonds. The van der Waals surface area contributed by atoms with Crippen molar-refractivity contribution < 1.29 is 9.52 Å². The number of benzene rings is 1. The molecule has 0 bridgehead atoms. The standard InChI is InChI=1S/C13H12N4.C11H10N4O.C11H14N4O/c1-2-4-10(5-3-1)8-15-13-11-6-7-14-12(11)16-9-17-13;1-2-8(16-5-1)6-13-11-9-3-4-12-10(9)14-7-15-11;1-8(6-16)2-4-12-10-9-3-5-13-11(9)15-7-14-10/h1-5,7,9H,6,8H2,(H,15,16,17);1-2,4-5,7H,3,6H2,(H,13,14,15);2,5,7,16H,3-4,6H2,1H3,(H,12,14,15)/b;;8-2+. The second-order valence-corrected chi connectivity index (χ2v) is 11.0. The number of hydrogen-bond donors (Lipinski definition) is 4. The van der Waals surface area contributed by atoms with Crippen molar-refractivity contribution in [2.75, 3.05) is 29.1 Å². The molecular formula is C35H36N12O2. The summed E-state index contributed by atoms with van der Waals surface area (Å²) in [5.74, 6) is 5.72. The summed E-state index contributed by atoms with van der Waals surface area (Å²) in [5, 5.41) is 18.6. The lowest BCUT2D eigenvalue weighted by Gasteiger charge is -2.08. The number of anilines is 3. The SMILES string of the molecule is C/C(=C\CNc1ncnc2c1CC=N2)CO.C1=Nc2ncnc(NCc3ccccc3)c2C1.C1=Nc2ncnc(NCc3ccco3)c2C1. The minimum absolute atomic E-state index is 0.0900. The zero-order chi connectivity index (χ0) is 33.7. The first-order valence-electron chi connectivity index (χ1n) is 15.8. The van der Waals surface area contributed by atoms with Crippen LogP contribution in [0.4, 0.5) is 34.9 Å². The maximum Gasteiger partial charge on any atom is 0.160 e. The van der Waals surface area contributed by atoms with Crippen LogP contribution in [-0.4, -0.2) is 66.8 Å². The molecule has 1 aromatic carbocycles. The average molecular weight is 657 g/mol. The third-order valence-corrected chi connectivity index (χ3v) is 7.58. The Morgan fingerprint density at radius 1 is 0.673 bits per heavy atom. The Bertz CT molecular complexity index is 1960. The van der Waals surface area contributed by atoms with E-state index in [9.17, 15) is 0 Å². The summed E-state index contributed by atoms with van der Waals surface area (Å²) in [6.07, 6.45) is 16.1. The molecule has 0 atom stereocenters. The van der Waals surface area contributed by atoms with Gasteiger partial charge >= 0.3 is 0 Å². The van der Waals surface area contributed by atoms with Crippen LogP contribution in [0, 0.1) is 0 Å². The van der Waals surface area contributed by atoms with Gasteiger partial charge in [-0.3, -0.25) is 0 Å². The molecule has 0 unspecified atom stereocenters. The van der Waals surface area contributed by atoms with E-state index in [2.05, 4.69) is 73.0 Å². The number of hydrogen-bond acceptors (Lipinski definition) is 14. The third-order valence-electron chi connectivity index (χ3n) is 7.58. The molecule has 3 aliphatic rings. The molecule has 7 heterocycles. The van der Waals surface area contributed by atoms with E-state index in [0.29, 0.717) is 13.1 Å². The second-order valence-electron chi connectivity index (χ2n) is 11.0. The molecule has 49 heavy (non-hydrogen) atoms. The fourth-order valence-corrected chi connectivity index (χ4v) is 4.99. The highest BCUT2D eigenvalue weighted by Crippen LogP contribution is 2.28. The summed E-state index contributed by atoms with van der Waals surface area (Å²) in [4.78, 5) is 37.5. The van der Waals surface area contributed by atoms with Crippen LogP contribution in [0.15, 0.2) is 98.8 Å². The zero-order valence-electron chi connectivity index (χ0n) is 27.0. The summed E-state index contributed by atoms with van der Waals surface area (Å²) in [6, 6.07) is 14.0. The number of rotatable bonds is 10. The summed E-state index contributed by atoms with van der Waals surface area (Å²) < 4.78 is 5.24. The molecule has 0 radical (unpaired) electrons. The lowest BCUT2D eigenvalue weighted by molar-refractivity contribution is 0.331. The maximum absolute atomic E-state index is 8.85. The van der Waals surface area contributed by atoms with Gasteiger partial charge in [-0.2, -0.15) is 0 Å². The van der Waals surface area contributed by atoms with Crippen molar-refractivity contribution in [1.82, 2.24) is 29.9 Å². The Kier molecular flexibility index (Phi) is 11.1. The van der Waals surface area contributed by atoms with Crippen molar-refractivity contribution in [1.29, 1.82) is 0 Å². The average Bonchev–Trinajstić information content (AvgIpc) is 3.98. The van der Waals surface area contributed by atoms with Crippen LogP contribution in [0.3, 0.4) is 0 Å². The van der Waals surface area contributed by atoms with Crippen LogP contribution >= 0.6 is 0 Å². The number of nitrogens with zero attached hydrogens (tertiary/aromatic N) is 9. The molecule has 0 fully saturated rings. The van der Waals surface area contributed by atoms with Crippen LogP contribution in [-0.2, 0) is 32.4 Å². The van der Waals surface area contributed by atoms with Gasteiger partial charge in [-0.05, 0) is 24.6 Å². The molecule has 5 aromatic rings. The van der Waals surface area contributed by atoms with E-state index in [1.165, 1.54) is 18.2 Å². The largest absolute Gasteiger partial charge is 0.467 e. The monoisotopic (exact) mass is 656 g/mol. The van der Waals surface area contributed by atoms with Gasteiger partial charge in [0.2, 0.25) is 0 Å². The summed E-state index contributed by atoms with van der Waals surface area (Å²) in [6.45, 7) is 4.01. The lowest BCUT2D eigenvalue weighted by Crippen LogP contribution is -2.05. The van der Waals surface area contributed by atoms with Crippen LogP contribution < -0.4 is 16.0 Å². The Morgan fingerprint density at radius 2 is 1.20 bits per heavy atom. The van der Waals surface area contributed by atoms with Gasteiger partial charge in [0.15, 0.2) is 17.5 Å². The first kappa shape index (κ1) is 32.8. The van der Waals surface area contributed by atoms with Gasteiger partial charge in [0.1, 0.15) is 42.2 Å². The smallest absolute Gasteiger partial charge is 0.160 e. The summed E-state index contributed by atoms with van der Waals surface area (Å²) in [7, 11) is 0. The topological polar surface area (TPSA) is 184 Å². The molecule has 0 spiro atoms. The number of nitrogens with one attached hydrogen (secondary N) is 3. The van der Waals surface area contributed by atoms with Gasteiger partial charge in [0.25, 0.3) is 0 Å². The summed E-state index contributed by atoms with van der Waals surface area (Å²) in [5.41, 5.74) is 5.35. The fraction of sp³-hybridized carbons (Fsp3) is 0.229. The van der Waals surface area contributed by atoms with Gasteiger partial charge in [0.05, 0.1) is 19.4 Å². The Hall–Kier alpha value is -6.15. The van der Waals surface area contributed by atoms with Crippen molar-refractivity contribution in [2.45, 2.75) is 39.3 Å². The van der Waals surface area contributed by atoms with E-state index in [4.69, 9.17) is 9.52 Å². The number of aromatic nitrogens is 6. The number of aliphatic hydroxyl groups excluding tert-OH is 1. The molecule has 0 aliphatic carbocycles. The van der Waals surface area contributed by atoms with Crippen molar-refractivity contribution in [3.63, 3.8) is 0 Å². The van der Waals surface area contributed by atoms with Gasteiger partial charge in [-0.25, -0.2) is 44.9 Å². The van der Waals surface area contributed by atoms with Crippen molar-refractivity contribution in [3.05, 3.63) is 107 Å². The highest BCUT2D eigenvalue weighted by atomic mass is 16.3. The van der Waals surface area contributed by atoms with E-state index in [1.54, 1.807) is 12.6 Å². The first-order valence-corrected chi connectivity index (χ1v) is 15.8. The summed E-state index contributed by atoms with van der Waals surface area (Å²) >= 11 is 0. The van der Waals surface area contributed by atoms with Crippen LogP contribution in [0.2, 0.25) is 0 Å². The molecule has 14 heteroatoms. The van der Waals surface area contributed by atoms with E-state index in [-0.39, 0.29) is 6.61 Å². The molecule has 4 N–H and O–H groups in total. The van der Waals surface area contributed by atoms with E-state index in [0.717, 1.165) is 88.7 Å². The quantitative estimate of drug-likeness (QED) is 0.142. The highest BCUT2D eigenvalue weighted by molar-refractivity contribution is 5.79. The number of aliphatic hydroxyl groups is 1. The highest BCUT2D eigenvalue weighted by Gasteiger charge is 2.15. The van der Waals surface area contributed by atoms with Crippen molar-refractivity contribution in [2.24, 2.45) is 15.0 Å². The number of fused-ring (bicyclic) bond motifs is 3. The van der Waals surface area contributed by atoms with Crippen LogP contribution in [0.5, 0.6) is 0 Å². The Balaban J connectivity index is 0.000000128. The van der Waals surface area contributed by atoms with E-state index < -0.39 is 0 Å². The first-order chi connectivity index (χ1) is 24.2. The van der Waals surface area contributed by atoms with Crippen LogP contribution in [0.1, 0.15) is 34.9 Å². The second kappa shape index (κ2) is 16.6. The molecule has 0 saturated heterocycles. The molecule has 248 valence electrons. The molecule has 0 saturated carbocycles. The van der Waals surface area contributed by atoms with Crippen molar-refractivity contribution in [3.8, 4) is 0 Å². The van der Waals surface area contributed by atoms with E-state index >= 15 is 0 Å². The predicted octanol–water partition coefficient (Wildman–Crippen LogP) is 5.37. The predicted molar refractivity (Wildman–Crippen MR) is 191 cm³/mol. The van der Waals surface area contributed by atoms with Crippen LogP contribution in [0.25, 0.3) is 0 Å². The minimum Gasteiger partial charge on any atom is -0.467 e. The molecular weight excluding hydrogens is 620 g/mol. The van der Waals surface area contributed by atoms with Crippen molar-refractivity contribution >= 4 is 53.6 Å². The minimum atomic E-state index is 0.0900. The fourth-order valence-electron chi connectivity index (χ4n) is 4.99. The normalized spacial score (nSPS) is 13.1. The third kappa shape index (κ3) is 8.81. The van der Waals surface area contributed by atoms with Gasteiger partial charge in [0, 0.05) is 67.7 Å². The Morgan fingerprint density at radius 3 is 1.71 bits per heavy atom. The maximum atomic E-state index is 8.85. The molecule has 14 nitrogen and oxygen atoms in total. The molecule has 4 aromatic heterocycles. The van der Waals surface area contributed by atoms with Gasteiger partial charge in [-0.1, -0.05) is 42.0 Å².